The Bertz CT molecular complexity index is 337. The van der Waals surface area contributed by atoms with E-state index in [0.29, 0.717) is 18.5 Å². The van der Waals surface area contributed by atoms with Crippen LogP contribution in [0.3, 0.4) is 0 Å². The first kappa shape index (κ1) is 12.1. The molecule has 2 rings (SSSR count). The molecule has 5 heteroatoms. The van der Waals surface area contributed by atoms with Crippen molar-refractivity contribution in [3.05, 3.63) is 12.4 Å². The van der Waals surface area contributed by atoms with E-state index in [-0.39, 0.29) is 0 Å². The van der Waals surface area contributed by atoms with Gasteiger partial charge in [0.15, 0.2) is 0 Å². The van der Waals surface area contributed by atoms with E-state index in [0.717, 1.165) is 18.9 Å². The molecule has 1 fully saturated rings. The number of ether oxygens (including phenoxy) is 1. The van der Waals surface area contributed by atoms with Crippen LogP contribution in [-0.2, 0) is 0 Å². The summed E-state index contributed by atoms with van der Waals surface area (Å²) in [4.78, 5) is 8.49. The van der Waals surface area contributed by atoms with E-state index < -0.39 is 0 Å². The summed E-state index contributed by atoms with van der Waals surface area (Å²) < 4.78 is 5.33. The highest BCUT2D eigenvalue weighted by atomic mass is 16.5. The van der Waals surface area contributed by atoms with Crippen molar-refractivity contribution < 1.29 is 4.74 Å². The molecule has 94 valence electrons. The Balaban J connectivity index is 1.94. The van der Waals surface area contributed by atoms with Gasteiger partial charge in [-0.1, -0.05) is 6.42 Å². The molecule has 2 heterocycles. The molecule has 1 aliphatic rings. The third kappa shape index (κ3) is 3.85. The van der Waals surface area contributed by atoms with E-state index in [9.17, 15) is 0 Å². The van der Waals surface area contributed by atoms with Crippen molar-refractivity contribution in [2.45, 2.75) is 32.2 Å². The maximum absolute atomic E-state index is 5.33. The van der Waals surface area contributed by atoms with Crippen LogP contribution in [0.4, 0.5) is 5.82 Å². The minimum atomic E-state index is 0.434. The van der Waals surface area contributed by atoms with Gasteiger partial charge in [-0.3, -0.25) is 4.98 Å². The van der Waals surface area contributed by atoms with E-state index >= 15 is 0 Å². The van der Waals surface area contributed by atoms with Crippen LogP contribution in [0.1, 0.15) is 26.2 Å². The van der Waals surface area contributed by atoms with Crippen LogP contribution in [0.25, 0.3) is 0 Å². The molecular weight excluding hydrogens is 216 g/mol. The van der Waals surface area contributed by atoms with Crippen molar-refractivity contribution in [2.24, 2.45) is 0 Å². The molecule has 0 spiro atoms. The van der Waals surface area contributed by atoms with Gasteiger partial charge in [-0.05, 0) is 26.3 Å². The average molecular weight is 236 g/mol. The summed E-state index contributed by atoms with van der Waals surface area (Å²) in [6, 6.07) is 0.434. The Morgan fingerprint density at radius 1 is 1.47 bits per heavy atom. The lowest BCUT2D eigenvalue weighted by atomic mass is 10.1. The molecular formula is C12H20N4O. The lowest BCUT2D eigenvalue weighted by Gasteiger charge is -2.16. The summed E-state index contributed by atoms with van der Waals surface area (Å²) >= 11 is 0. The third-order valence-electron chi connectivity index (χ3n) is 2.80. The fraction of sp³-hybridized carbons (Fsp3) is 0.667. The Labute approximate surface area is 102 Å². The topological polar surface area (TPSA) is 59.1 Å². The summed E-state index contributed by atoms with van der Waals surface area (Å²) in [6.07, 6.45) is 7.06. The van der Waals surface area contributed by atoms with Gasteiger partial charge in [0.1, 0.15) is 5.82 Å². The van der Waals surface area contributed by atoms with Crippen LogP contribution >= 0.6 is 0 Å². The van der Waals surface area contributed by atoms with Gasteiger partial charge in [0, 0.05) is 12.6 Å². The van der Waals surface area contributed by atoms with Crippen LogP contribution in [0.15, 0.2) is 12.4 Å². The Morgan fingerprint density at radius 3 is 3.29 bits per heavy atom. The maximum Gasteiger partial charge on any atom is 0.234 e. The van der Waals surface area contributed by atoms with Gasteiger partial charge in [-0.25, -0.2) is 0 Å². The highest BCUT2D eigenvalue weighted by Gasteiger charge is 2.12. The monoisotopic (exact) mass is 236 g/mol. The normalized spacial score (nSPS) is 20.6. The molecule has 0 aromatic carbocycles. The van der Waals surface area contributed by atoms with E-state index in [4.69, 9.17) is 4.74 Å². The minimum absolute atomic E-state index is 0.434. The van der Waals surface area contributed by atoms with Gasteiger partial charge in [0.05, 0.1) is 19.0 Å². The van der Waals surface area contributed by atoms with E-state index in [2.05, 4.69) is 20.6 Å². The van der Waals surface area contributed by atoms with Crippen LogP contribution in [0.5, 0.6) is 5.88 Å². The Kier molecular flexibility index (Phi) is 4.55. The first-order valence-electron chi connectivity index (χ1n) is 6.30. The number of hydrogen-bond acceptors (Lipinski definition) is 5. The molecule has 1 aromatic heterocycles. The predicted molar refractivity (Wildman–Crippen MR) is 67.3 cm³/mol. The van der Waals surface area contributed by atoms with E-state index in [1.165, 1.54) is 19.3 Å². The SMILES string of the molecule is CCOc1cncc(NC2CCCCNC2)n1. The second-order valence-corrected chi connectivity index (χ2v) is 4.22. The van der Waals surface area contributed by atoms with Crippen molar-refractivity contribution >= 4 is 5.82 Å². The molecule has 5 nitrogen and oxygen atoms in total. The lowest BCUT2D eigenvalue weighted by Crippen LogP contribution is -2.31. The second-order valence-electron chi connectivity index (χ2n) is 4.22. The van der Waals surface area contributed by atoms with Gasteiger partial charge in [-0.15, -0.1) is 0 Å². The standard InChI is InChI=1S/C12H20N4O/c1-2-17-12-9-14-8-11(16-12)15-10-5-3-4-6-13-7-10/h8-10,13H,2-7H2,1H3,(H,15,16). The van der Waals surface area contributed by atoms with Crippen LogP contribution < -0.4 is 15.4 Å². The zero-order valence-corrected chi connectivity index (χ0v) is 10.3. The summed E-state index contributed by atoms with van der Waals surface area (Å²) in [5.74, 6) is 1.38. The summed E-state index contributed by atoms with van der Waals surface area (Å²) in [5, 5.41) is 6.82. The summed E-state index contributed by atoms with van der Waals surface area (Å²) in [7, 11) is 0. The number of nitrogens with one attached hydrogen (secondary N) is 2. The van der Waals surface area contributed by atoms with Gasteiger partial charge in [-0.2, -0.15) is 4.98 Å². The van der Waals surface area contributed by atoms with Crippen molar-refractivity contribution in [3.63, 3.8) is 0 Å². The molecule has 17 heavy (non-hydrogen) atoms. The van der Waals surface area contributed by atoms with Crippen molar-refractivity contribution in [3.8, 4) is 5.88 Å². The molecule has 1 aliphatic heterocycles. The number of hydrogen-bond donors (Lipinski definition) is 2. The quantitative estimate of drug-likeness (QED) is 0.828. The highest BCUT2D eigenvalue weighted by molar-refractivity contribution is 5.34. The molecule has 0 bridgehead atoms. The molecule has 0 radical (unpaired) electrons. The number of rotatable bonds is 4. The molecule has 1 atom stereocenters. The fourth-order valence-corrected chi connectivity index (χ4v) is 1.99. The molecule has 1 aromatic rings. The van der Waals surface area contributed by atoms with Crippen LogP contribution in [0.2, 0.25) is 0 Å². The van der Waals surface area contributed by atoms with Crippen LogP contribution in [-0.4, -0.2) is 35.7 Å². The highest BCUT2D eigenvalue weighted by Crippen LogP contribution is 2.13. The molecule has 0 amide bonds. The number of anilines is 1. The first-order chi connectivity index (χ1) is 8.38. The maximum atomic E-state index is 5.33. The number of nitrogens with zero attached hydrogens (tertiary/aromatic N) is 2. The van der Waals surface area contributed by atoms with Crippen molar-refractivity contribution in [1.82, 2.24) is 15.3 Å². The number of aromatic nitrogens is 2. The molecule has 0 saturated carbocycles. The fourth-order valence-electron chi connectivity index (χ4n) is 1.99. The summed E-state index contributed by atoms with van der Waals surface area (Å²) in [6.45, 7) is 4.66. The zero-order chi connectivity index (χ0) is 11.9. The molecule has 0 aliphatic carbocycles. The predicted octanol–water partition coefficient (Wildman–Crippen LogP) is 1.43. The van der Waals surface area contributed by atoms with Gasteiger partial charge < -0.3 is 15.4 Å². The zero-order valence-electron chi connectivity index (χ0n) is 10.3. The summed E-state index contributed by atoms with van der Waals surface area (Å²) in [5.41, 5.74) is 0. The second kappa shape index (κ2) is 6.39. The molecule has 2 N–H and O–H groups in total. The van der Waals surface area contributed by atoms with E-state index in [1.807, 2.05) is 6.92 Å². The largest absolute Gasteiger partial charge is 0.477 e. The van der Waals surface area contributed by atoms with Gasteiger partial charge in [0.2, 0.25) is 5.88 Å². The van der Waals surface area contributed by atoms with Crippen molar-refractivity contribution in [1.29, 1.82) is 0 Å². The lowest BCUT2D eigenvalue weighted by molar-refractivity contribution is 0.325. The van der Waals surface area contributed by atoms with Gasteiger partial charge in [0.25, 0.3) is 0 Å². The minimum Gasteiger partial charge on any atom is -0.477 e. The smallest absolute Gasteiger partial charge is 0.234 e. The van der Waals surface area contributed by atoms with Gasteiger partial charge >= 0.3 is 0 Å². The van der Waals surface area contributed by atoms with Crippen molar-refractivity contribution in [2.75, 3.05) is 25.0 Å². The third-order valence-corrected chi connectivity index (χ3v) is 2.80. The van der Waals surface area contributed by atoms with Crippen LogP contribution in [0, 0.1) is 0 Å². The Hall–Kier alpha value is -1.36. The Morgan fingerprint density at radius 2 is 2.41 bits per heavy atom. The first-order valence-corrected chi connectivity index (χ1v) is 6.30. The average Bonchev–Trinajstić information content (AvgIpc) is 2.59. The molecule has 1 saturated heterocycles. The molecule has 1 unspecified atom stereocenters. The van der Waals surface area contributed by atoms with E-state index in [1.54, 1.807) is 12.4 Å².